The molecule has 2 aromatic rings. The zero-order valence-corrected chi connectivity index (χ0v) is 12.8. The second-order valence-electron chi connectivity index (χ2n) is 3.88. The lowest BCUT2D eigenvalue weighted by molar-refractivity contribution is 0.271. The molecule has 0 radical (unpaired) electrons. The van der Waals surface area contributed by atoms with Gasteiger partial charge in [-0.3, -0.25) is 0 Å². The number of aromatic nitrogens is 3. The summed E-state index contributed by atoms with van der Waals surface area (Å²) in [6.07, 6.45) is 0. The van der Waals surface area contributed by atoms with E-state index in [2.05, 4.69) is 36.2 Å². The van der Waals surface area contributed by atoms with E-state index in [0.29, 0.717) is 19.1 Å². The van der Waals surface area contributed by atoms with Crippen LogP contribution in [-0.2, 0) is 6.61 Å². The first-order valence-corrected chi connectivity index (χ1v) is 6.91. The maximum absolute atomic E-state index is 5.57. The van der Waals surface area contributed by atoms with Crippen LogP contribution in [0.5, 0.6) is 12.0 Å². The van der Waals surface area contributed by atoms with Crippen LogP contribution in [0.2, 0.25) is 0 Å². The third-order valence-electron chi connectivity index (χ3n) is 2.37. The molecule has 1 aromatic carbocycles. The SMILES string of the molecule is CCNc1nc(OC)nc(OCc2cccc(Br)c2)n1. The van der Waals surface area contributed by atoms with Crippen molar-refractivity contribution >= 4 is 21.9 Å². The van der Waals surface area contributed by atoms with Crippen LogP contribution in [0.25, 0.3) is 0 Å². The van der Waals surface area contributed by atoms with Crippen molar-refractivity contribution in [1.82, 2.24) is 15.0 Å². The summed E-state index contributed by atoms with van der Waals surface area (Å²) >= 11 is 3.42. The molecule has 0 fully saturated rings. The van der Waals surface area contributed by atoms with Crippen LogP contribution in [0.1, 0.15) is 12.5 Å². The van der Waals surface area contributed by atoms with Crippen molar-refractivity contribution < 1.29 is 9.47 Å². The van der Waals surface area contributed by atoms with Gasteiger partial charge in [0.15, 0.2) is 0 Å². The Bertz CT molecular complexity index is 580. The number of ether oxygens (including phenoxy) is 2. The predicted molar refractivity (Wildman–Crippen MR) is 79.0 cm³/mol. The smallest absolute Gasteiger partial charge is 0.324 e. The molecule has 0 saturated heterocycles. The monoisotopic (exact) mass is 338 g/mol. The number of hydrogen-bond donors (Lipinski definition) is 1. The van der Waals surface area contributed by atoms with Crippen LogP contribution in [0, 0.1) is 0 Å². The minimum absolute atomic E-state index is 0.222. The van der Waals surface area contributed by atoms with Crippen LogP contribution in [0.3, 0.4) is 0 Å². The zero-order chi connectivity index (χ0) is 14.4. The molecule has 0 aliphatic rings. The normalized spacial score (nSPS) is 10.2. The highest BCUT2D eigenvalue weighted by Gasteiger charge is 2.07. The van der Waals surface area contributed by atoms with Crippen molar-refractivity contribution in [2.75, 3.05) is 19.0 Å². The number of methoxy groups -OCH3 is 1. The van der Waals surface area contributed by atoms with Crippen molar-refractivity contribution in [1.29, 1.82) is 0 Å². The van der Waals surface area contributed by atoms with E-state index in [4.69, 9.17) is 9.47 Å². The molecule has 0 aliphatic carbocycles. The summed E-state index contributed by atoms with van der Waals surface area (Å²) in [6, 6.07) is 8.30. The van der Waals surface area contributed by atoms with Crippen LogP contribution in [0.15, 0.2) is 28.7 Å². The Morgan fingerprint density at radius 3 is 2.70 bits per heavy atom. The average Bonchev–Trinajstić information content (AvgIpc) is 2.45. The van der Waals surface area contributed by atoms with Gasteiger partial charge < -0.3 is 14.8 Å². The van der Waals surface area contributed by atoms with Gasteiger partial charge in [0.1, 0.15) is 6.61 Å². The molecule has 0 atom stereocenters. The van der Waals surface area contributed by atoms with Gasteiger partial charge in [-0.2, -0.15) is 9.97 Å². The predicted octanol–water partition coefficient (Wildman–Crippen LogP) is 2.65. The van der Waals surface area contributed by atoms with Crippen LogP contribution >= 0.6 is 15.9 Å². The van der Waals surface area contributed by atoms with E-state index in [1.807, 2.05) is 31.2 Å². The van der Waals surface area contributed by atoms with Crippen LogP contribution < -0.4 is 14.8 Å². The Kier molecular flexibility index (Phi) is 5.11. The summed E-state index contributed by atoms with van der Waals surface area (Å²) in [5.74, 6) is 0.434. The molecule has 0 aliphatic heterocycles. The summed E-state index contributed by atoms with van der Waals surface area (Å²) < 4.78 is 11.6. The maximum atomic E-state index is 5.57. The number of rotatable bonds is 6. The Hall–Kier alpha value is -1.89. The van der Waals surface area contributed by atoms with Gasteiger partial charge >= 0.3 is 12.0 Å². The standard InChI is InChI=1S/C13H15BrN4O2/c1-3-15-11-16-12(19-2)18-13(17-11)20-8-9-5-4-6-10(14)7-9/h4-7H,3,8H2,1-2H3,(H,15,16,17,18). The first-order chi connectivity index (χ1) is 9.71. The van der Waals surface area contributed by atoms with Gasteiger partial charge in [-0.15, -0.1) is 4.98 Å². The van der Waals surface area contributed by atoms with Gasteiger partial charge in [0.2, 0.25) is 5.95 Å². The average molecular weight is 339 g/mol. The molecular weight excluding hydrogens is 324 g/mol. The molecule has 0 spiro atoms. The highest BCUT2D eigenvalue weighted by Crippen LogP contribution is 2.16. The quantitative estimate of drug-likeness (QED) is 0.873. The molecule has 20 heavy (non-hydrogen) atoms. The highest BCUT2D eigenvalue weighted by molar-refractivity contribution is 9.10. The lowest BCUT2D eigenvalue weighted by Gasteiger charge is -2.08. The number of hydrogen-bond acceptors (Lipinski definition) is 6. The van der Waals surface area contributed by atoms with E-state index < -0.39 is 0 Å². The molecule has 0 unspecified atom stereocenters. The van der Waals surface area contributed by atoms with Gasteiger partial charge in [-0.25, -0.2) is 0 Å². The minimum Gasteiger partial charge on any atom is -0.467 e. The van der Waals surface area contributed by atoms with Crippen molar-refractivity contribution in [3.05, 3.63) is 34.3 Å². The second-order valence-corrected chi connectivity index (χ2v) is 4.79. The third-order valence-corrected chi connectivity index (χ3v) is 2.86. The maximum Gasteiger partial charge on any atom is 0.324 e. The van der Waals surface area contributed by atoms with Gasteiger partial charge in [-0.05, 0) is 24.6 Å². The van der Waals surface area contributed by atoms with Gasteiger partial charge in [-0.1, -0.05) is 28.1 Å². The van der Waals surface area contributed by atoms with E-state index in [1.54, 1.807) is 0 Å². The van der Waals surface area contributed by atoms with E-state index in [0.717, 1.165) is 10.0 Å². The Labute approximate surface area is 125 Å². The van der Waals surface area contributed by atoms with Gasteiger partial charge in [0.05, 0.1) is 7.11 Å². The molecule has 1 heterocycles. The molecule has 7 heteroatoms. The summed E-state index contributed by atoms with van der Waals surface area (Å²) in [5.41, 5.74) is 1.02. The summed E-state index contributed by atoms with van der Waals surface area (Å²) in [5, 5.41) is 3.00. The summed E-state index contributed by atoms with van der Waals surface area (Å²) in [7, 11) is 1.50. The Balaban J connectivity index is 2.10. The van der Waals surface area contributed by atoms with E-state index in [9.17, 15) is 0 Å². The molecule has 0 bridgehead atoms. The fourth-order valence-corrected chi connectivity index (χ4v) is 1.95. The lowest BCUT2D eigenvalue weighted by Crippen LogP contribution is -2.08. The van der Waals surface area contributed by atoms with Crippen molar-refractivity contribution in [2.45, 2.75) is 13.5 Å². The van der Waals surface area contributed by atoms with Gasteiger partial charge in [0, 0.05) is 11.0 Å². The number of nitrogens with one attached hydrogen (secondary N) is 1. The Morgan fingerprint density at radius 2 is 2.00 bits per heavy atom. The fraction of sp³-hybridized carbons (Fsp3) is 0.308. The lowest BCUT2D eigenvalue weighted by atomic mass is 10.2. The van der Waals surface area contributed by atoms with Crippen molar-refractivity contribution in [2.24, 2.45) is 0 Å². The number of benzene rings is 1. The van der Waals surface area contributed by atoms with E-state index in [-0.39, 0.29) is 12.0 Å². The topological polar surface area (TPSA) is 69.2 Å². The van der Waals surface area contributed by atoms with Gasteiger partial charge in [0.25, 0.3) is 0 Å². The fourth-order valence-electron chi connectivity index (χ4n) is 1.51. The Morgan fingerprint density at radius 1 is 1.20 bits per heavy atom. The second kappa shape index (κ2) is 7.04. The number of nitrogens with zero attached hydrogens (tertiary/aromatic N) is 3. The number of anilines is 1. The largest absolute Gasteiger partial charge is 0.467 e. The van der Waals surface area contributed by atoms with E-state index in [1.165, 1.54) is 7.11 Å². The summed E-state index contributed by atoms with van der Waals surface area (Å²) in [4.78, 5) is 12.3. The zero-order valence-electron chi connectivity index (χ0n) is 11.3. The van der Waals surface area contributed by atoms with Crippen LogP contribution in [-0.4, -0.2) is 28.6 Å². The van der Waals surface area contributed by atoms with Crippen LogP contribution in [0.4, 0.5) is 5.95 Å². The molecule has 106 valence electrons. The molecule has 6 nitrogen and oxygen atoms in total. The first kappa shape index (κ1) is 14.5. The van der Waals surface area contributed by atoms with E-state index >= 15 is 0 Å². The molecular formula is C13H15BrN4O2. The molecule has 1 N–H and O–H groups in total. The van der Waals surface area contributed by atoms with Crippen molar-refractivity contribution in [3.63, 3.8) is 0 Å². The van der Waals surface area contributed by atoms with Crippen molar-refractivity contribution in [3.8, 4) is 12.0 Å². The number of halogens is 1. The third kappa shape index (κ3) is 4.06. The highest BCUT2D eigenvalue weighted by atomic mass is 79.9. The minimum atomic E-state index is 0.222. The molecule has 1 aromatic heterocycles. The molecule has 0 amide bonds. The molecule has 0 saturated carbocycles. The molecule has 2 rings (SSSR count). The summed E-state index contributed by atoms with van der Waals surface area (Å²) in [6.45, 7) is 3.04. The first-order valence-electron chi connectivity index (χ1n) is 6.12.